The lowest BCUT2D eigenvalue weighted by molar-refractivity contribution is 0.102. The van der Waals surface area contributed by atoms with Gasteiger partial charge in [0.15, 0.2) is 0 Å². The number of amides is 1. The number of pyridine rings is 1. The quantitative estimate of drug-likeness (QED) is 0.676. The average molecular weight is 425 g/mol. The number of rotatable bonds is 2. The molecule has 1 aromatic carbocycles. The summed E-state index contributed by atoms with van der Waals surface area (Å²) in [5.74, 6) is -0.354. The number of halogens is 4. The van der Waals surface area contributed by atoms with E-state index in [1.165, 1.54) is 12.3 Å². The molecule has 0 radical (unpaired) electrons. The fraction of sp³-hybridized carbons (Fsp3) is 0. The number of nitrogens with one attached hydrogen (secondary N) is 1. The zero-order valence-electron chi connectivity index (χ0n) is 9.25. The Morgan fingerprint density at radius 3 is 2.68 bits per heavy atom. The van der Waals surface area contributed by atoms with Crippen LogP contribution in [0.4, 0.5) is 5.69 Å². The third kappa shape index (κ3) is 3.69. The minimum Gasteiger partial charge on any atom is -0.321 e. The molecule has 0 unspecified atom stereocenters. The van der Waals surface area contributed by atoms with Crippen molar-refractivity contribution in [2.75, 3.05) is 5.32 Å². The van der Waals surface area contributed by atoms with Crippen molar-refractivity contribution in [3.63, 3.8) is 0 Å². The molecule has 0 aliphatic heterocycles. The highest BCUT2D eigenvalue weighted by molar-refractivity contribution is 9.11. The van der Waals surface area contributed by atoms with Crippen LogP contribution in [0.2, 0.25) is 10.2 Å². The van der Waals surface area contributed by atoms with Crippen LogP contribution in [-0.2, 0) is 0 Å². The van der Waals surface area contributed by atoms with E-state index < -0.39 is 0 Å². The van der Waals surface area contributed by atoms with Crippen molar-refractivity contribution in [3.8, 4) is 0 Å². The van der Waals surface area contributed by atoms with E-state index in [0.717, 1.165) is 8.95 Å². The monoisotopic (exact) mass is 422 g/mol. The number of nitrogens with zero attached hydrogens (tertiary/aromatic N) is 1. The van der Waals surface area contributed by atoms with Crippen LogP contribution in [0.25, 0.3) is 0 Å². The summed E-state index contributed by atoms with van der Waals surface area (Å²) in [5, 5.41) is 3.20. The van der Waals surface area contributed by atoms with Crippen molar-refractivity contribution >= 4 is 66.7 Å². The zero-order chi connectivity index (χ0) is 14.0. The number of anilines is 1. The number of hydrogen-bond donors (Lipinski definition) is 1. The normalized spacial score (nSPS) is 10.3. The number of aromatic nitrogens is 1. The zero-order valence-corrected chi connectivity index (χ0v) is 13.9. The lowest BCUT2D eigenvalue weighted by atomic mass is 10.2. The summed E-state index contributed by atoms with van der Waals surface area (Å²) in [5.41, 5.74) is 0.900. The summed E-state index contributed by atoms with van der Waals surface area (Å²) in [6, 6.07) is 6.88. The first-order chi connectivity index (χ1) is 8.97. The highest BCUT2D eigenvalue weighted by Crippen LogP contribution is 2.27. The van der Waals surface area contributed by atoms with E-state index in [1.54, 1.807) is 6.07 Å². The van der Waals surface area contributed by atoms with Gasteiger partial charge in [-0.1, -0.05) is 39.1 Å². The summed E-state index contributed by atoms with van der Waals surface area (Å²) in [4.78, 5) is 15.9. The average Bonchev–Trinajstić information content (AvgIpc) is 2.36. The van der Waals surface area contributed by atoms with Crippen molar-refractivity contribution in [1.29, 1.82) is 0 Å². The summed E-state index contributed by atoms with van der Waals surface area (Å²) < 4.78 is 1.62. The first-order valence-electron chi connectivity index (χ1n) is 5.05. The minimum atomic E-state index is -0.354. The summed E-state index contributed by atoms with van der Waals surface area (Å²) >= 11 is 18.4. The Balaban J connectivity index is 2.30. The molecule has 0 saturated heterocycles. The van der Waals surface area contributed by atoms with Crippen LogP contribution in [-0.4, -0.2) is 10.9 Å². The minimum absolute atomic E-state index is 0.211. The van der Waals surface area contributed by atoms with E-state index in [9.17, 15) is 4.79 Å². The van der Waals surface area contributed by atoms with Gasteiger partial charge < -0.3 is 5.32 Å². The summed E-state index contributed by atoms with van der Waals surface area (Å²) in [6.07, 6.45) is 1.34. The van der Waals surface area contributed by atoms with Crippen molar-refractivity contribution in [2.24, 2.45) is 0 Å². The van der Waals surface area contributed by atoms with Crippen molar-refractivity contribution in [3.05, 3.63) is 55.1 Å². The van der Waals surface area contributed by atoms with E-state index in [1.807, 2.05) is 12.1 Å². The molecule has 1 N–H and O–H groups in total. The lowest BCUT2D eigenvalue weighted by Crippen LogP contribution is -2.13. The standard InChI is InChI=1S/C12H6Br2Cl2N2O/c13-6-1-2-8(14)10(3-6)18-12(19)7-4-11(16)17-5-9(7)15/h1-5H,(H,18,19). The molecule has 19 heavy (non-hydrogen) atoms. The van der Waals surface area contributed by atoms with Gasteiger partial charge in [-0.2, -0.15) is 0 Å². The second-order valence-corrected chi connectivity index (χ2v) is 6.13. The van der Waals surface area contributed by atoms with Crippen LogP contribution in [0, 0.1) is 0 Å². The Kier molecular flexibility index (Phi) is 4.84. The molecule has 0 spiro atoms. The maximum Gasteiger partial charge on any atom is 0.257 e. The number of hydrogen-bond acceptors (Lipinski definition) is 2. The Labute approximate surface area is 136 Å². The van der Waals surface area contributed by atoms with E-state index in [-0.39, 0.29) is 21.6 Å². The molecule has 0 fully saturated rings. The van der Waals surface area contributed by atoms with E-state index >= 15 is 0 Å². The van der Waals surface area contributed by atoms with Crippen molar-refractivity contribution in [1.82, 2.24) is 4.98 Å². The molecule has 0 atom stereocenters. The second-order valence-electron chi connectivity index (χ2n) is 3.57. The SMILES string of the molecule is O=C(Nc1cc(Br)ccc1Br)c1cc(Cl)ncc1Cl. The van der Waals surface area contributed by atoms with Gasteiger partial charge in [0.05, 0.1) is 16.3 Å². The third-order valence-electron chi connectivity index (χ3n) is 2.24. The van der Waals surface area contributed by atoms with Crippen LogP contribution in [0.1, 0.15) is 10.4 Å². The molecule has 0 saturated carbocycles. The molecule has 1 amide bonds. The van der Waals surface area contributed by atoms with Gasteiger partial charge in [0.2, 0.25) is 0 Å². The largest absolute Gasteiger partial charge is 0.321 e. The fourth-order valence-electron chi connectivity index (χ4n) is 1.37. The highest BCUT2D eigenvalue weighted by atomic mass is 79.9. The summed E-state index contributed by atoms with van der Waals surface area (Å²) in [7, 11) is 0. The number of carbonyl (C=O) groups excluding carboxylic acids is 1. The van der Waals surface area contributed by atoms with Gasteiger partial charge in [-0.05, 0) is 40.2 Å². The molecule has 7 heteroatoms. The van der Waals surface area contributed by atoms with Gasteiger partial charge in [-0.15, -0.1) is 0 Å². The van der Waals surface area contributed by atoms with Crippen LogP contribution >= 0.6 is 55.1 Å². The Bertz CT molecular complexity index is 650. The predicted octanol–water partition coefficient (Wildman–Crippen LogP) is 5.17. The van der Waals surface area contributed by atoms with Gasteiger partial charge in [0.25, 0.3) is 5.91 Å². The molecule has 3 nitrogen and oxygen atoms in total. The highest BCUT2D eigenvalue weighted by Gasteiger charge is 2.13. The Morgan fingerprint density at radius 1 is 1.21 bits per heavy atom. The van der Waals surface area contributed by atoms with Crippen LogP contribution in [0.3, 0.4) is 0 Å². The third-order valence-corrected chi connectivity index (χ3v) is 3.94. The Morgan fingerprint density at radius 2 is 1.95 bits per heavy atom. The number of benzene rings is 1. The van der Waals surface area contributed by atoms with Crippen LogP contribution < -0.4 is 5.32 Å². The van der Waals surface area contributed by atoms with Crippen LogP contribution in [0.5, 0.6) is 0 Å². The molecule has 98 valence electrons. The molecule has 1 heterocycles. The van der Waals surface area contributed by atoms with Crippen molar-refractivity contribution < 1.29 is 4.79 Å². The molecule has 0 aliphatic rings. The van der Waals surface area contributed by atoms with Gasteiger partial charge in [0, 0.05) is 15.1 Å². The molecular formula is C12H6Br2Cl2N2O. The first kappa shape index (κ1) is 14.8. The fourth-order valence-corrected chi connectivity index (χ4v) is 2.42. The van der Waals surface area contributed by atoms with Crippen LogP contribution in [0.15, 0.2) is 39.4 Å². The van der Waals surface area contributed by atoms with Gasteiger partial charge in [-0.25, -0.2) is 4.98 Å². The number of carbonyl (C=O) groups is 1. The molecule has 0 bridgehead atoms. The molecule has 1 aromatic heterocycles. The Hall–Kier alpha value is -0.620. The topological polar surface area (TPSA) is 42.0 Å². The van der Waals surface area contributed by atoms with Gasteiger partial charge in [0.1, 0.15) is 5.15 Å². The van der Waals surface area contributed by atoms with Gasteiger partial charge in [-0.3, -0.25) is 4.79 Å². The maximum atomic E-state index is 12.1. The molecule has 2 rings (SSSR count). The van der Waals surface area contributed by atoms with Gasteiger partial charge >= 0.3 is 0 Å². The summed E-state index contributed by atoms with van der Waals surface area (Å²) in [6.45, 7) is 0. The lowest BCUT2D eigenvalue weighted by Gasteiger charge is -2.09. The predicted molar refractivity (Wildman–Crippen MR) is 84.1 cm³/mol. The van der Waals surface area contributed by atoms with E-state index in [4.69, 9.17) is 23.2 Å². The molecular weight excluding hydrogens is 419 g/mol. The first-order valence-corrected chi connectivity index (χ1v) is 7.39. The second kappa shape index (κ2) is 6.22. The van der Waals surface area contributed by atoms with E-state index in [2.05, 4.69) is 42.2 Å². The van der Waals surface area contributed by atoms with Crippen molar-refractivity contribution in [2.45, 2.75) is 0 Å². The molecule has 0 aliphatic carbocycles. The smallest absolute Gasteiger partial charge is 0.257 e. The van der Waals surface area contributed by atoms with E-state index in [0.29, 0.717) is 5.69 Å². The maximum absolute atomic E-state index is 12.1. The molecule has 2 aromatic rings.